The van der Waals surface area contributed by atoms with E-state index in [-0.39, 0.29) is 6.09 Å². The number of benzene rings is 3. The van der Waals surface area contributed by atoms with Crippen LogP contribution in [0.1, 0.15) is 36.8 Å². The zero-order valence-corrected chi connectivity index (χ0v) is 14.6. The third-order valence-electron chi connectivity index (χ3n) is 5.93. The highest BCUT2D eigenvalue weighted by Crippen LogP contribution is 2.47. The van der Waals surface area contributed by atoms with Gasteiger partial charge in [0, 0.05) is 5.56 Å². The molecule has 1 atom stereocenters. The third-order valence-corrected chi connectivity index (χ3v) is 5.93. The second-order valence-electron chi connectivity index (χ2n) is 7.48. The van der Waals surface area contributed by atoms with Crippen molar-refractivity contribution >= 4 is 16.9 Å². The molecule has 0 aromatic heterocycles. The molecule has 0 spiro atoms. The molecule has 0 bridgehead atoms. The summed E-state index contributed by atoms with van der Waals surface area (Å²) < 4.78 is 5.48. The van der Waals surface area contributed by atoms with Crippen LogP contribution in [0.5, 0.6) is 5.75 Å². The average molecular weight is 343 g/mol. The van der Waals surface area contributed by atoms with Gasteiger partial charge in [0.2, 0.25) is 0 Å². The van der Waals surface area contributed by atoms with Crippen molar-refractivity contribution in [2.75, 3.05) is 0 Å². The smallest absolute Gasteiger partial charge is 0.410 e. The van der Waals surface area contributed by atoms with Crippen LogP contribution in [0, 0.1) is 5.92 Å². The quantitative estimate of drug-likeness (QED) is 0.694. The van der Waals surface area contributed by atoms with Gasteiger partial charge in [0.25, 0.3) is 0 Å². The summed E-state index contributed by atoms with van der Waals surface area (Å²) in [6.07, 6.45) is 4.29. The topological polar surface area (TPSA) is 38.3 Å². The monoisotopic (exact) mass is 343 g/mol. The van der Waals surface area contributed by atoms with E-state index < -0.39 is 5.54 Å². The third kappa shape index (κ3) is 2.38. The molecular weight excluding hydrogens is 322 g/mol. The Morgan fingerprint density at radius 2 is 1.73 bits per heavy atom. The Morgan fingerprint density at radius 3 is 2.54 bits per heavy atom. The first-order chi connectivity index (χ1) is 12.7. The van der Waals surface area contributed by atoms with Crippen LogP contribution in [-0.4, -0.2) is 6.09 Å². The van der Waals surface area contributed by atoms with Crippen molar-refractivity contribution in [1.82, 2.24) is 5.32 Å². The summed E-state index contributed by atoms with van der Waals surface area (Å²) in [5.41, 5.74) is 1.66. The van der Waals surface area contributed by atoms with Crippen LogP contribution >= 0.6 is 0 Å². The van der Waals surface area contributed by atoms with Gasteiger partial charge in [0.05, 0.1) is 5.54 Å². The van der Waals surface area contributed by atoms with E-state index in [2.05, 4.69) is 53.8 Å². The maximum absolute atomic E-state index is 12.4. The van der Waals surface area contributed by atoms with Crippen molar-refractivity contribution in [3.8, 4) is 5.75 Å². The molecule has 5 rings (SSSR count). The van der Waals surface area contributed by atoms with Gasteiger partial charge in [-0.2, -0.15) is 0 Å². The first-order valence-corrected chi connectivity index (χ1v) is 9.33. The Bertz CT molecular complexity index is 992. The summed E-state index contributed by atoms with van der Waals surface area (Å²) in [7, 11) is 0. The van der Waals surface area contributed by atoms with E-state index in [1.807, 2.05) is 18.2 Å². The lowest BCUT2D eigenvalue weighted by Crippen LogP contribution is -2.52. The fraction of sp³-hybridized carbons (Fsp3) is 0.261. The predicted molar refractivity (Wildman–Crippen MR) is 102 cm³/mol. The van der Waals surface area contributed by atoms with Crippen LogP contribution < -0.4 is 10.1 Å². The molecule has 1 fully saturated rings. The summed E-state index contributed by atoms with van der Waals surface area (Å²) >= 11 is 0. The number of amides is 1. The van der Waals surface area contributed by atoms with Gasteiger partial charge in [-0.05, 0) is 40.8 Å². The Balaban J connectivity index is 1.73. The molecule has 26 heavy (non-hydrogen) atoms. The lowest BCUT2D eigenvalue weighted by molar-refractivity contribution is 0.157. The van der Waals surface area contributed by atoms with Crippen molar-refractivity contribution in [2.24, 2.45) is 5.92 Å². The first-order valence-electron chi connectivity index (χ1n) is 9.33. The largest absolute Gasteiger partial charge is 0.413 e. The molecule has 1 heterocycles. The molecule has 2 aliphatic rings. The minimum atomic E-state index is -0.527. The second kappa shape index (κ2) is 5.87. The number of ether oxygens (including phenoxy) is 1. The van der Waals surface area contributed by atoms with E-state index in [0.29, 0.717) is 11.7 Å². The van der Waals surface area contributed by atoms with Gasteiger partial charge in [0.1, 0.15) is 5.75 Å². The van der Waals surface area contributed by atoms with Gasteiger partial charge in [-0.15, -0.1) is 0 Å². The molecule has 1 N–H and O–H groups in total. The van der Waals surface area contributed by atoms with Crippen LogP contribution in [0.15, 0.2) is 66.7 Å². The SMILES string of the molecule is O=C1NC(CC2CCC2)(c2ccc3ccccc3c2)c2ccccc2O1. The van der Waals surface area contributed by atoms with Gasteiger partial charge >= 0.3 is 6.09 Å². The van der Waals surface area contributed by atoms with Crippen molar-refractivity contribution in [2.45, 2.75) is 31.2 Å². The number of para-hydroxylation sites is 1. The summed E-state index contributed by atoms with van der Waals surface area (Å²) in [5.74, 6) is 1.30. The zero-order chi connectivity index (χ0) is 17.6. The second-order valence-corrected chi connectivity index (χ2v) is 7.48. The molecule has 3 nitrogen and oxygen atoms in total. The van der Waals surface area contributed by atoms with E-state index in [4.69, 9.17) is 4.74 Å². The van der Waals surface area contributed by atoms with Crippen molar-refractivity contribution in [3.63, 3.8) is 0 Å². The minimum absolute atomic E-state index is 0.365. The molecule has 1 unspecified atom stereocenters. The van der Waals surface area contributed by atoms with Crippen LogP contribution in [0.4, 0.5) is 4.79 Å². The van der Waals surface area contributed by atoms with Crippen LogP contribution in [-0.2, 0) is 5.54 Å². The number of nitrogens with one attached hydrogen (secondary N) is 1. The number of rotatable bonds is 3. The molecule has 0 radical (unpaired) electrons. The molecular formula is C23H21NO2. The lowest BCUT2D eigenvalue weighted by Gasteiger charge is -2.43. The van der Waals surface area contributed by atoms with Crippen LogP contribution in [0.25, 0.3) is 10.8 Å². The minimum Gasteiger partial charge on any atom is -0.410 e. The van der Waals surface area contributed by atoms with Crippen LogP contribution in [0.2, 0.25) is 0 Å². The Kier molecular flexibility index (Phi) is 3.49. The Hall–Kier alpha value is -2.81. The predicted octanol–water partition coefficient (Wildman–Crippen LogP) is 5.38. The van der Waals surface area contributed by atoms with Gasteiger partial charge < -0.3 is 10.1 Å². The average Bonchev–Trinajstić information content (AvgIpc) is 2.64. The van der Waals surface area contributed by atoms with Gasteiger partial charge in [-0.25, -0.2) is 4.79 Å². The standard InChI is InChI=1S/C23H21NO2/c25-22-24-23(15-16-6-5-7-16,20-10-3-4-11-21(20)26-22)19-13-12-17-8-1-2-9-18(17)14-19/h1-4,8-14,16H,5-7,15H2,(H,24,25). The summed E-state index contributed by atoms with van der Waals surface area (Å²) in [6.45, 7) is 0. The maximum Gasteiger partial charge on any atom is 0.413 e. The van der Waals surface area contributed by atoms with Crippen molar-refractivity contribution in [1.29, 1.82) is 0 Å². The number of carbonyl (C=O) groups excluding carboxylic acids is 1. The summed E-state index contributed by atoms with van der Waals surface area (Å²) in [5, 5.41) is 5.61. The molecule has 3 aromatic carbocycles. The molecule has 1 saturated carbocycles. The summed E-state index contributed by atoms with van der Waals surface area (Å²) in [4.78, 5) is 12.4. The van der Waals surface area contributed by atoms with Gasteiger partial charge in [-0.1, -0.05) is 73.9 Å². The van der Waals surface area contributed by atoms with Crippen molar-refractivity contribution < 1.29 is 9.53 Å². The van der Waals surface area contributed by atoms with E-state index in [9.17, 15) is 4.79 Å². The number of carbonyl (C=O) groups is 1. The molecule has 1 aliphatic heterocycles. The number of fused-ring (bicyclic) bond motifs is 2. The van der Waals surface area contributed by atoms with E-state index in [1.165, 1.54) is 30.0 Å². The number of hydrogen-bond donors (Lipinski definition) is 1. The maximum atomic E-state index is 12.4. The molecule has 1 amide bonds. The fourth-order valence-corrected chi connectivity index (χ4v) is 4.37. The summed E-state index contributed by atoms with van der Waals surface area (Å²) in [6, 6.07) is 22.8. The van der Waals surface area contributed by atoms with E-state index >= 15 is 0 Å². The van der Waals surface area contributed by atoms with E-state index in [1.54, 1.807) is 0 Å². The zero-order valence-electron chi connectivity index (χ0n) is 14.6. The van der Waals surface area contributed by atoms with Crippen molar-refractivity contribution in [3.05, 3.63) is 77.9 Å². The molecule has 0 saturated heterocycles. The highest BCUT2D eigenvalue weighted by Gasteiger charge is 2.44. The normalized spacial score (nSPS) is 22.2. The fourth-order valence-electron chi connectivity index (χ4n) is 4.37. The van der Waals surface area contributed by atoms with Gasteiger partial charge in [0.15, 0.2) is 0 Å². The lowest BCUT2D eigenvalue weighted by atomic mass is 9.69. The Morgan fingerprint density at radius 1 is 0.962 bits per heavy atom. The molecule has 130 valence electrons. The first kappa shape index (κ1) is 15.4. The van der Waals surface area contributed by atoms with E-state index in [0.717, 1.165) is 17.5 Å². The Labute approximate surface area is 153 Å². The van der Waals surface area contributed by atoms with Gasteiger partial charge in [-0.3, -0.25) is 0 Å². The highest BCUT2D eigenvalue weighted by atomic mass is 16.6. The molecule has 3 heteroatoms. The van der Waals surface area contributed by atoms with Crippen LogP contribution in [0.3, 0.4) is 0 Å². The number of hydrogen-bond acceptors (Lipinski definition) is 2. The molecule has 1 aliphatic carbocycles. The molecule has 3 aromatic rings. The highest BCUT2D eigenvalue weighted by molar-refractivity contribution is 5.84.